The van der Waals surface area contributed by atoms with E-state index in [0.717, 1.165) is 0 Å². The number of nitrogens with zero attached hydrogens (tertiary/aromatic N) is 1. The maximum Gasteiger partial charge on any atom is 0.307 e. The van der Waals surface area contributed by atoms with Crippen LogP contribution < -0.4 is 5.32 Å². The Hall–Kier alpha value is -1.10. The van der Waals surface area contributed by atoms with Crippen molar-refractivity contribution < 1.29 is 14.3 Å². The lowest BCUT2D eigenvalue weighted by Crippen LogP contribution is -2.45. The van der Waals surface area contributed by atoms with Gasteiger partial charge >= 0.3 is 5.97 Å². The van der Waals surface area contributed by atoms with E-state index in [1.807, 2.05) is 27.8 Å². The van der Waals surface area contributed by atoms with Gasteiger partial charge in [0.2, 0.25) is 5.91 Å². The number of esters is 1. The van der Waals surface area contributed by atoms with Crippen molar-refractivity contribution in [3.05, 3.63) is 0 Å². The normalized spacial score (nSPS) is 11.4. The van der Waals surface area contributed by atoms with Crippen molar-refractivity contribution in [3.8, 4) is 0 Å². The number of nitrogens with one attached hydrogen (secondary N) is 1. The van der Waals surface area contributed by atoms with E-state index >= 15 is 0 Å². The largest absolute Gasteiger partial charge is 0.466 e. The first kappa shape index (κ1) is 15.9. The van der Waals surface area contributed by atoms with Crippen molar-refractivity contribution in [2.75, 3.05) is 26.7 Å². The fourth-order valence-electron chi connectivity index (χ4n) is 1.30. The lowest BCUT2D eigenvalue weighted by atomic mass is 10.1. The number of hydrogen-bond acceptors (Lipinski definition) is 4. The molecule has 17 heavy (non-hydrogen) atoms. The quantitative estimate of drug-likeness (QED) is 0.702. The molecule has 0 aliphatic heterocycles. The summed E-state index contributed by atoms with van der Waals surface area (Å²) in [7, 11) is 1.81. The first-order valence-electron chi connectivity index (χ1n) is 5.89. The van der Waals surface area contributed by atoms with E-state index < -0.39 is 0 Å². The summed E-state index contributed by atoms with van der Waals surface area (Å²) in [5.74, 6) is -0.264. The van der Waals surface area contributed by atoms with Crippen LogP contribution in [-0.2, 0) is 14.3 Å². The second kappa shape index (κ2) is 7.27. The van der Waals surface area contributed by atoms with Crippen LogP contribution in [-0.4, -0.2) is 49.1 Å². The summed E-state index contributed by atoms with van der Waals surface area (Å²) in [6.07, 6.45) is 0.313. The lowest BCUT2D eigenvalue weighted by molar-refractivity contribution is -0.143. The molecule has 0 fully saturated rings. The second-order valence-electron chi connectivity index (χ2n) is 5.09. The van der Waals surface area contributed by atoms with Gasteiger partial charge in [0.1, 0.15) is 0 Å². The number of likely N-dealkylation sites (N-methyl/N-ethyl adjacent to an activating group) is 1. The van der Waals surface area contributed by atoms with Crippen LogP contribution in [0.1, 0.15) is 34.1 Å². The van der Waals surface area contributed by atoms with Gasteiger partial charge in [0, 0.05) is 12.1 Å². The molecule has 0 radical (unpaired) electrons. The van der Waals surface area contributed by atoms with E-state index in [0.29, 0.717) is 19.6 Å². The highest BCUT2D eigenvalue weighted by atomic mass is 16.5. The monoisotopic (exact) mass is 244 g/mol. The molecule has 1 N–H and O–H groups in total. The van der Waals surface area contributed by atoms with Crippen LogP contribution in [0.2, 0.25) is 0 Å². The summed E-state index contributed by atoms with van der Waals surface area (Å²) in [4.78, 5) is 24.5. The Morgan fingerprint density at radius 1 is 1.29 bits per heavy atom. The third-order valence-corrected chi connectivity index (χ3v) is 1.93. The number of ether oxygens (including phenoxy) is 1. The van der Waals surface area contributed by atoms with Crippen LogP contribution in [0, 0.1) is 0 Å². The first-order valence-corrected chi connectivity index (χ1v) is 5.89. The molecule has 0 saturated carbocycles. The highest BCUT2D eigenvalue weighted by Gasteiger charge is 2.15. The van der Waals surface area contributed by atoms with Gasteiger partial charge in [-0.2, -0.15) is 0 Å². The minimum atomic E-state index is -0.226. The van der Waals surface area contributed by atoms with Crippen molar-refractivity contribution in [1.82, 2.24) is 10.2 Å². The van der Waals surface area contributed by atoms with Crippen molar-refractivity contribution in [2.45, 2.75) is 39.7 Å². The van der Waals surface area contributed by atoms with Crippen molar-refractivity contribution >= 4 is 11.9 Å². The summed E-state index contributed by atoms with van der Waals surface area (Å²) in [6.45, 7) is 8.79. The van der Waals surface area contributed by atoms with Crippen LogP contribution >= 0.6 is 0 Å². The van der Waals surface area contributed by atoms with Crippen molar-refractivity contribution in [2.24, 2.45) is 0 Å². The Morgan fingerprint density at radius 2 is 1.88 bits per heavy atom. The number of carbonyl (C=O) groups is 2. The van der Waals surface area contributed by atoms with Crippen LogP contribution in [0.5, 0.6) is 0 Å². The average molecular weight is 244 g/mol. The Morgan fingerprint density at radius 3 is 2.35 bits per heavy atom. The Bertz CT molecular complexity index is 259. The molecule has 5 nitrogen and oxygen atoms in total. The Labute approximate surface area is 103 Å². The van der Waals surface area contributed by atoms with Gasteiger partial charge in [-0.3, -0.25) is 14.5 Å². The molecule has 0 bridgehead atoms. The molecule has 0 heterocycles. The van der Waals surface area contributed by atoms with E-state index in [-0.39, 0.29) is 24.0 Å². The van der Waals surface area contributed by atoms with Crippen LogP contribution in [0.4, 0.5) is 0 Å². The van der Waals surface area contributed by atoms with Gasteiger partial charge in [-0.05, 0) is 34.7 Å². The van der Waals surface area contributed by atoms with Crippen LogP contribution in [0.25, 0.3) is 0 Å². The van der Waals surface area contributed by atoms with Gasteiger partial charge in [0.05, 0.1) is 19.6 Å². The molecule has 0 aromatic rings. The number of rotatable bonds is 6. The van der Waals surface area contributed by atoms with Gasteiger partial charge in [0.15, 0.2) is 0 Å². The Balaban J connectivity index is 3.82. The molecule has 5 heteroatoms. The zero-order valence-corrected chi connectivity index (χ0v) is 11.5. The third kappa shape index (κ3) is 9.81. The number of hydrogen-bond donors (Lipinski definition) is 1. The summed E-state index contributed by atoms with van der Waals surface area (Å²) in [6, 6.07) is 0. The summed E-state index contributed by atoms with van der Waals surface area (Å²) in [5, 5.41) is 2.87. The van der Waals surface area contributed by atoms with Crippen molar-refractivity contribution in [3.63, 3.8) is 0 Å². The smallest absolute Gasteiger partial charge is 0.307 e. The fourth-order valence-corrected chi connectivity index (χ4v) is 1.30. The molecule has 0 unspecified atom stereocenters. The maximum atomic E-state index is 11.6. The molecule has 0 spiro atoms. The van der Waals surface area contributed by atoms with Gasteiger partial charge in [-0.15, -0.1) is 0 Å². The van der Waals surface area contributed by atoms with E-state index in [4.69, 9.17) is 4.74 Å². The SMILES string of the molecule is CCOC(=O)CCN(C)CC(=O)NC(C)(C)C. The standard InChI is InChI=1S/C12H24N2O3/c1-6-17-11(16)7-8-14(5)9-10(15)13-12(2,3)4/h6-9H2,1-5H3,(H,13,15). The molecule has 0 rings (SSSR count). The molecule has 0 aliphatic rings. The first-order chi connectivity index (χ1) is 7.74. The minimum absolute atomic E-state index is 0.0381. The highest BCUT2D eigenvalue weighted by Crippen LogP contribution is 1.98. The molecule has 100 valence electrons. The maximum absolute atomic E-state index is 11.6. The van der Waals surface area contributed by atoms with E-state index in [1.165, 1.54) is 0 Å². The second-order valence-corrected chi connectivity index (χ2v) is 5.09. The molecular weight excluding hydrogens is 220 g/mol. The van der Waals surface area contributed by atoms with Gasteiger partial charge in [-0.25, -0.2) is 0 Å². The van der Waals surface area contributed by atoms with Crippen molar-refractivity contribution in [1.29, 1.82) is 0 Å². The average Bonchev–Trinajstić information content (AvgIpc) is 2.12. The van der Waals surface area contributed by atoms with Crippen LogP contribution in [0.3, 0.4) is 0 Å². The number of carbonyl (C=O) groups excluding carboxylic acids is 2. The van der Waals surface area contributed by atoms with E-state index in [1.54, 1.807) is 11.8 Å². The number of amides is 1. The Kier molecular flexibility index (Phi) is 6.80. The minimum Gasteiger partial charge on any atom is -0.466 e. The molecule has 0 aromatic heterocycles. The lowest BCUT2D eigenvalue weighted by Gasteiger charge is -2.23. The van der Waals surface area contributed by atoms with E-state index in [2.05, 4.69) is 5.32 Å². The molecule has 1 amide bonds. The summed E-state index contributed by atoms with van der Waals surface area (Å²) in [5.41, 5.74) is -0.223. The van der Waals surface area contributed by atoms with E-state index in [9.17, 15) is 9.59 Å². The summed E-state index contributed by atoms with van der Waals surface area (Å²) < 4.78 is 4.81. The third-order valence-electron chi connectivity index (χ3n) is 1.93. The van der Waals surface area contributed by atoms with Gasteiger partial charge < -0.3 is 10.1 Å². The fraction of sp³-hybridized carbons (Fsp3) is 0.833. The molecule has 0 aromatic carbocycles. The molecule has 0 aliphatic carbocycles. The van der Waals surface area contributed by atoms with Crippen LogP contribution in [0.15, 0.2) is 0 Å². The molecule has 0 atom stereocenters. The molecule has 0 saturated heterocycles. The van der Waals surface area contributed by atoms with Gasteiger partial charge in [-0.1, -0.05) is 0 Å². The zero-order chi connectivity index (χ0) is 13.5. The zero-order valence-electron chi connectivity index (χ0n) is 11.5. The topological polar surface area (TPSA) is 58.6 Å². The predicted molar refractivity (Wildman–Crippen MR) is 66.6 cm³/mol. The summed E-state index contributed by atoms with van der Waals surface area (Å²) >= 11 is 0. The highest BCUT2D eigenvalue weighted by molar-refractivity contribution is 5.78. The predicted octanol–water partition coefficient (Wildman–Crippen LogP) is 0.786. The molecular formula is C12H24N2O3. The van der Waals surface area contributed by atoms with Gasteiger partial charge in [0.25, 0.3) is 0 Å².